The Kier molecular flexibility index (Phi) is 8.21. The molecular formula is C22H27N3O3. The van der Waals surface area contributed by atoms with Crippen molar-refractivity contribution in [2.75, 3.05) is 11.9 Å². The number of hydrogen-bond acceptors (Lipinski definition) is 4. The van der Waals surface area contributed by atoms with E-state index in [9.17, 15) is 9.59 Å². The summed E-state index contributed by atoms with van der Waals surface area (Å²) in [5, 5.41) is 6.59. The highest BCUT2D eigenvalue weighted by atomic mass is 16.5. The van der Waals surface area contributed by atoms with E-state index in [0.29, 0.717) is 12.3 Å². The van der Waals surface area contributed by atoms with Crippen LogP contribution in [0.4, 0.5) is 5.69 Å². The van der Waals surface area contributed by atoms with Crippen LogP contribution < -0.4 is 15.5 Å². The molecule has 0 bridgehead atoms. The van der Waals surface area contributed by atoms with Crippen molar-refractivity contribution in [2.45, 2.75) is 40.0 Å². The van der Waals surface area contributed by atoms with Gasteiger partial charge < -0.3 is 10.1 Å². The maximum absolute atomic E-state index is 12.2. The van der Waals surface area contributed by atoms with Gasteiger partial charge in [0.2, 0.25) is 0 Å². The van der Waals surface area contributed by atoms with Crippen LogP contribution >= 0.6 is 0 Å². The minimum atomic E-state index is -0.817. The fraction of sp³-hybridized carbons (Fsp3) is 0.318. The summed E-state index contributed by atoms with van der Waals surface area (Å²) in [7, 11) is 0. The SMILES string of the molecule is CCCOc1cccc(/C=N\NC(=O)C(=O)Nc2c(CC)cccc2CC)c1. The lowest BCUT2D eigenvalue weighted by Gasteiger charge is -2.13. The molecule has 0 saturated heterocycles. The molecule has 0 atom stereocenters. The second kappa shape index (κ2) is 10.9. The highest BCUT2D eigenvalue weighted by Gasteiger charge is 2.16. The molecule has 6 heteroatoms. The largest absolute Gasteiger partial charge is 0.494 e. The summed E-state index contributed by atoms with van der Waals surface area (Å²) in [6, 6.07) is 13.2. The van der Waals surface area contributed by atoms with E-state index in [1.165, 1.54) is 6.21 Å². The molecule has 0 heterocycles. The van der Waals surface area contributed by atoms with Gasteiger partial charge in [0.05, 0.1) is 12.8 Å². The number of nitrogens with zero attached hydrogens (tertiary/aromatic N) is 1. The molecule has 2 N–H and O–H groups in total. The maximum atomic E-state index is 12.2. The summed E-state index contributed by atoms with van der Waals surface area (Å²) < 4.78 is 5.56. The van der Waals surface area contributed by atoms with E-state index in [2.05, 4.69) is 15.8 Å². The van der Waals surface area contributed by atoms with Gasteiger partial charge in [0.25, 0.3) is 0 Å². The van der Waals surface area contributed by atoms with Crippen molar-refractivity contribution in [3.05, 3.63) is 59.2 Å². The zero-order chi connectivity index (χ0) is 20.4. The Balaban J connectivity index is 1.98. The van der Waals surface area contributed by atoms with E-state index in [4.69, 9.17) is 4.74 Å². The van der Waals surface area contributed by atoms with Gasteiger partial charge in [-0.15, -0.1) is 0 Å². The van der Waals surface area contributed by atoms with Gasteiger partial charge in [-0.05, 0) is 48.1 Å². The molecule has 2 rings (SSSR count). The summed E-state index contributed by atoms with van der Waals surface area (Å²) >= 11 is 0. The first-order valence-corrected chi connectivity index (χ1v) is 9.57. The first kappa shape index (κ1) is 21.2. The molecule has 0 saturated carbocycles. The third kappa shape index (κ3) is 5.94. The summed E-state index contributed by atoms with van der Waals surface area (Å²) in [5.41, 5.74) is 5.72. The number of ether oxygens (including phenoxy) is 1. The monoisotopic (exact) mass is 381 g/mol. The molecule has 2 aromatic rings. The van der Waals surface area contributed by atoms with Crippen molar-refractivity contribution in [1.82, 2.24) is 5.43 Å². The summed E-state index contributed by atoms with van der Waals surface area (Å²) in [6.07, 6.45) is 3.92. The van der Waals surface area contributed by atoms with Crippen LogP contribution in [0.15, 0.2) is 47.6 Å². The molecule has 0 aromatic heterocycles. The summed E-state index contributed by atoms with van der Waals surface area (Å²) in [5.74, 6) is -0.825. The number of benzene rings is 2. The van der Waals surface area contributed by atoms with Crippen molar-refractivity contribution >= 4 is 23.7 Å². The van der Waals surface area contributed by atoms with Crippen LogP contribution in [0.2, 0.25) is 0 Å². The normalized spacial score (nSPS) is 10.7. The molecular weight excluding hydrogens is 354 g/mol. The third-order valence-corrected chi connectivity index (χ3v) is 4.15. The highest BCUT2D eigenvalue weighted by Crippen LogP contribution is 2.22. The van der Waals surface area contributed by atoms with Crippen LogP contribution in [0.1, 0.15) is 43.9 Å². The smallest absolute Gasteiger partial charge is 0.329 e. The molecule has 148 valence electrons. The lowest BCUT2D eigenvalue weighted by Crippen LogP contribution is -2.33. The van der Waals surface area contributed by atoms with Gasteiger partial charge in [-0.1, -0.05) is 51.1 Å². The number of hydrogen-bond donors (Lipinski definition) is 2. The molecule has 0 fully saturated rings. The zero-order valence-corrected chi connectivity index (χ0v) is 16.6. The molecule has 0 spiro atoms. The lowest BCUT2D eigenvalue weighted by atomic mass is 10.0. The average Bonchev–Trinajstić information content (AvgIpc) is 2.72. The Bertz CT molecular complexity index is 824. The van der Waals surface area contributed by atoms with Gasteiger partial charge in [0.1, 0.15) is 5.75 Å². The molecule has 0 radical (unpaired) electrons. The third-order valence-electron chi connectivity index (χ3n) is 4.15. The van der Waals surface area contributed by atoms with Crippen molar-refractivity contribution < 1.29 is 14.3 Å². The number of carbonyl (C=O) groups is 2. The van der Waals surface area contributed by atoms with Crippen LogP contribution in [0.3, 0.4) is 0 Å². The molecule has 28 heavy (non-hydrogen) atoms. The van der Waals surface area contributed by atoms with Crippen LogP contribution in [0, 0.1) is 0 Å². The fourth-order valence-electron chi connectivity index (χ4n) is 2.69. The first-order valence-electron chi connectivity index (χ1n) is 9.57. The summed E-state index contributed by atoms with van der Waals surface area (Å²) in [6.45, 7) is 6.69. The lowest BCUT2D eigenvalue weighted by molar-refractivity contribution is -0.136. The predicted octanol–water partition coefficient (Wildman–Crippen LogP) is 3.69. The Hall–Kier alpha value is -3.15. The van der Waals surface area contributed by atoms with E-state index in [1.54, 1.807) is 0 Å². The Morgan fingerprint density at radius 2 is 1.68 bits per heavy atom. The Morgan fingerprint density at radius 1 is 1.00 bits per heavy atom. The minimum absolute atomic E-state index is 0.635. The molecule has 2 aromatic carbocycles. The molecule has 6 nitrogen and oxygen atoms in total. The predicted molar refractivity (Wildman–Crippen MR) is 112 cm³/mol. The van der Waals surface area contributed by atoms with Crippen LogP contribution in [-0.2, 0) is 22.4 Å². The van der Waals surface area contributed by atoms with Crippen molar-refractivity contribution in [3.8, 4) is 5.75 Å². The van der Waals surface area contributed by atoms with E-state index in [1.807, 2.05) is 63.2 Å². The summed E-state index contributed by atoms with van der Waals surface area (Å²) in [4.78, 5) is 24.3. The first-order chi connectivity index (χ1) is 13.6. The van der Waals surface area contributed by atoms with Crippen molar-refractivity contribution in [2.24, 2.45) is 5.10 Å². The zero-order valence-electron chi connectivity index (χ0n) is 16.6. The second-order valence-electron chi connectivity index (χ2n) is 6.23. The van der Waals surface area contributed by atoms with E-state index >= 15 is 0 Å². The molecule has 2 amide bonds. The van der Waals surface area contributed by atoms with Crippen LogP contribution in [0.5, 0.6) is 5.75 Å². The van der Waals surface area contributed by atoms with Gasteiger partial charge >= 0.3 is 11.8 Å². The maximum Gasteiger partial charge on any atom is 0.329 e. The van der Waals surface area contributed by atoms with E-state index in [-0.39, 0.29) is 0 Å². The van der Waals surface area contributed by atoms with Crippen molar-refractivity contribution in [1.29, 1.82) is 0 Å². The number of aryl methyl sites for hydroxylation is 2. The topological polar surface area (TPSA) is 79.8 Å². The number of hydrazone groups is 1. The highest BCUT2D eigenvalue weighted by molar-refractivity contribution is 6.39. The van der Waals surface area contributed by atoms with E-state index < -0.39 is 11.8 Å². The average molecular weight is 381 g/mol. The number of anilines is 1. The Labute approximate surface area is 166 Å². The molecule has 0 aliphatic carbocycles. The standard InChI is InChI=1S/C22H27N3O3/c1-4-13-28-19-12-7-9-16(14-19)15-23-25-22(27)21(26)24-20-17(5-2)10-8-11-18(20)6-3/h7-12,14-15H,4-6,13H2,1-3H3,(H,24,26)(H,25,27)/b23-15-. The van der Waals surface area contributed by atoms with Crippen molar-refractivity contribution in [3.63, 3.8) is 0 Å². The molecule has 0 unspecified atom stereocenters. The number of carbonyl (C=O) groups excluding carboxylic acids is 2. The van der Waals surface area contributed by atoms with E-state index in [0.717, 1.165) is 41.7 Å². The van der Waals surface area contributed by atoms with Gasteiger partial charge in [-0.3, -0.25) is 9.59 Å². The van der Waals surface area contributed by atoms with Gasteiger partial charge in [0.15, 0.2) is 0 Å². The second-order valence-corrected chi connectivity index (χ2v) is 6.23. The minimum Gasteiger partial charge on any atom is -0.494 e. The van der Waals surface area contributed by atoms with Crippen LogP contribution in [-0.4, -0.2) is 24.6 Å². The number of para-hydroxylation sites is 1. The quantitative estimate of drug-likeness (QED) is 0.416. The Morgan fingerprint density at radius 3 is 2.32 bits per heavy atom. The fourth-order valence-corrected chi connectivity index (χ4v) is 2.69. The van der Waals surface area contributed by atoms with Gasteiger partial charge in [0, 0.05) is 5.69 Å². The molecule has 0 aliphatic rings. The van der Waals surface area contributed by atoms with Crippen LogP contribution in [0.25, 0.3) is 0 Å². The van der Waals surface area contributed by atoms with Gasteiger partial charge in [-0.25, -0.2) is 5.43 Å². The number of rotatable bonds is 8. The number of nitrogens with one attached hydrogen (secondary N) is 2. The van der Waals surface area contributed by atoms with Gasteiger partial charge in [-0.2, -0.15) is 5.10 Å². The molecule has 0 aliphatic heterocycles. The number of amides is 2.